The minimum atomic E-state index is -1.11. The fourth-order valence-electron chi connectivity index (χ4n) is 2.36. The summed E-state index contributed by atoms with van der Waals surface area (Å²) >= 11 is 0. The Hall–Kier alpha value is -2.06. The van der Waals surface area contributed by atoms with Crippen LogP contribution in [0.15, 0.2) is 25.3 Å². The maximum Gasteiger partial charge on any atom is 0.242 e. The van der Waals surface area contributed by atoms with Crippen LogP contribution in [0.1, 0.15) is 39.4 Å². The monoisotopic (exact) mass is 350 g/mol. The molecular formula is C17H30N6O2. The summed E-state index contributed by atoms with van der Waals surface area (Å²) < 4.78 is 1.47. The maximum absolute atomic E-state index is 12.3. The lowest BCUT2D eigenvalue weighted by molar-refractivity contribution is -0.124. The second-order valence-electron chi connectivity index (χ2n) is 6.64. The van der Waals surface area contributed by atoms with Gasteiger partial charge in [-0.05, 0) is 51.1 Å². The third kappa shape index (κ3) is 6.06. The van der Waals surface area contributed by atoms with Crippen LogP contribution in [0.25, 0.3) is 0 Å². The van der Waals surface area contributed by atoms with Gasteiger partial charge in [-0.25, -0.2) is 4.68 Å². The molecule has 2 N–H and O–H groups in total. The molecule has 1 unspecified atom stereocenters. The van der Waals surface area contributed by atoms with Crippen molar-refractivity contribution in [1.82, 2.24) is 30.4 Å². The van der Waals surface area contributed by atoms with Crippen molar-refractivity contribution in [2.75, 3.05) is 7.05 Å². The SMILES string of the molecule is C=CCC(O)(CC=C)C(C)NC(=O)Cn1nnnc1CN(C)C(C)C. The Morgan fingerprint density at radius 1 is 1.36 bits per heavy atom. The van der Waals surface area contributed by atoms with Gasteiger partial charge in [0.25, 0.3) is 0 Å². The molecule has 8 heteroatoms. The molecule has 0 aromatic carbocycles. The minimum Gasteiger partial charge on any atom is -0.387 e. The molecule has 0 saturated heterocycles. The van der Waals surface area contributed by atoms with Gasteiger partial charge in [-0.1, -0.05) is 12.2 Å². The van der Waals surface area contributed by atoms with Gasteiger partial charge in [0.1, 0.15) is 6.54 Å². The standard InChI is InChI=1S/C17H30N6O2/c1-7-9-17(25,10-8-2)14(5)18-16(24)12-23-15(19-20-21-23)11-22(6)13(3)4/h7-8,13-14,25H,1-2,9-12H2,3-6H3,(H,18,24). The van der Waals surface area contributed by atoms with Crippen molar-refractivity contribution in [3.63, 3.8) is 0 Å². The molecule has 8 nitrogen and oxygen atoms in total. The van der Waals surface area contributed by atoms with Crippen LogP contribution in [0.3, 0.4) is 0 Å². The molecule has 1 heterocycles. The van der Waals surface area contributed by atoms with Crippen LogP contribution in [0.5, 0.6) is 0 Å². The Morgan fingerprint density at radius 2 is 1.96 bits per heavy atom. The number of carbonyl (C=O) groups excluding carboxylic acids is 1. The van der Waals surface area contributed by atoms with Crippen molar-refractivity contribution in [2.24, 2.45) is 0 Å². The number of hydrogen-bond donors (Lipinski definition) is 2. The van der Waals surface area contributed by atoms with E-state index in [0.29, 0.717) is 31.3 Å². The molecule has 0 fully saturated rings. The summed E-state index contributed by atoms with van der Waals surface area (Å²) in [6, 6.07) is -0.124. The average Bonchev–Trinajstić information content (AvgIpc) is 2.94. The molecule has 1 aromatic rings. The molecule has 140 valence electrons. The molecule has 0 bridgehead atoms. The third-order valence-corrected chi connectivity index (χ3v) is 4.35. The maximum atomic E-state index is 12.3. The zero-order valence-corrected chi connectivity index (χ0v) is 15.6. The highest BCUT2D eigenvalue weighted by Crippen LogP contribution is 2.21. The van der Waals surface area contributed by atoms with Crippen LogP contribution in [0.2, 0.25) is 0 Å². The van der Waals surface area contributed by atoms with Crippen molar-refractivity contribution in [1.29, 1.82) is 0 Å². The molecule has 0 radical (unpaired) electrons. The molecule has 0 saturated carbocycles. The van der Waals surface area contributed by atoms with Crippen LogP contribution in [-0.2, 0) is 17.9 Å². The number of carbonyl (C=O) groups is 1. The van der Waals surface area contributed by atoms with Crippen LogP contribution in [0.4, 0.5) is 0 Å². The molecule has 0 aliphatic heterocycles. The molecule has 0 aliphatic rings. The first-order valence-electron chi connectivity index (χ1n) is 8.42. The van der Waals surface area contributed by atoms with E-state index in [-0.39, 0.29) is 12.5 Å². The quantitative estimate of drug-likeness (QED) is 0.576. The zero-order chi connectivity index (χ0) is 19.0. The Bertz CT molecular complexity index is 573. The highest BCUT2D eigenvalue weighted by Gasteiger charge is 2.32. The van der Waals surface area contributed by atoms with Gasteiger partial charge in [0.05, 0.1) is 18.2 Å². The fraction of sp³-hybridized carbons (Fsp3) is 0.647. The first-order valence-corrected chi connectivity index (χ1v) is 8.42. The first kappa shape index (κ1) is 21.0. The number of tetrazole rings is 1. The Balaban J connectivity index is 2.72. The fourth-order valence-corrected chi connectivity index (χ4v) is 2.36. The number of aliphatic hydroxyl groups is 1. The van der Waals surface area contributed by atoms with E-state index in [4.69, 9.17) is 0 Å². The topological polar surface area (TPSA) is 96.2 Å². The van der Waals surface area contributed by atoms with Gasteiger partial charge in [0, 0.05) is 6.04 Å². The number of hydrogen-bond acceptors (Lipinski definition) is 6. The number of nitrogens with one attached hydrogen (secondary N) is 1. The summed E-state index contributed by atoms with van der Waals surface area (Å²) in [4.78, 5) is 14.4. The number of amides is 1. The lowest BCUT2D eigenvalue weighted by Gasteiger charge is -2.33. The second kappa shape index (κ2) is 9.43. The van der Waals surface area contributed by atoms with Gasteiger partial charge >= 0.3 is 0 Å². The van der Waals surface area contributed by atoms with Gasteiger partial charge in [-0.3, -0.25) is 9.69 Å². The molecule has 1 atom stereocenters. The molecule has 1 aromatic heterocycles. The Labute approximate surface area is 149 Å². The summed E-state index contributed by atoms with van der Waals surface area (Å²) in [5, 5.41) is 25.0. The number of rotatable bonds is 11. The molecule has 25 heavy (non-hydrogen) atoms. The van der Waals surface area contributed by atoms with E-state index in [0.717, 1.165) is 0 Å². The lowest BCUT2D eigenvalue weighted by atomic mass is 9.88. The van der Waals surface area contributed by atoms with Crippen molar-refractivity contribution in [3.8, 4) is 0 Å². The number of nitrogens with zero attached hydrogens (tertiary/aromatic N) is 5. The van der Waals surface area contributed by atoms with Gasteiger partial charge in [0.15, 0.2) is 5.82 Å². The van der Waals surface area contributed by atoms with E-state index in [9.17, 15) is 9.90 Å². The molecule has 0 aliphatic carbocycles. The Morgan fingerprint density at radius 3 is 2.48 bits per heavy atom. The van der Waals surface area contributed by atoms with E-state index in [1.165, 1.54) is 4.68 Å². The molecule has 1 rings (SSSR count). The highest BCUT2D eigenvalue weighted by molar-refractivity contribution is 5.76. The summed E-state index contributed by atoms with van der Waals surface area (Å²) in [5.74, 6) is 0.353. The summed E-state index contributed by atoms with van der Waals surface area (Å²) in [7, 11) is 1.97. The smallest absolute Gasteiger partial charge is 0.242 e. The van der Waals surface area contributed by atoms with Gasteiger partial charge in [0.2, 0.25) is 5.91 Å². The van der Waals surface area contributed by atoms with Crippen molar-refractivity contribution in [3.05, 3.63) is 31.1 Å². The zero-order valence-electron chi connectivity index (χ0n) is 15.6. The molecule has 0 spiro atoms. The lowest BCUT2D eigenvalue weighted by Crippen LogP contribution is -2.51. The Kier molecular flexibility index (Phi) is 7.92. The summed E-state index contributed by atoms with van der Waals surface area (Å²) in [6.07, 6.45) is 3.98. The normalized spacial score (nSPS) is 13.1. The van der Waals surface area contributed by atoms with E-state index < -0.39 is 11.6 Å². The summed E-state index contributed by atoms with van der Waals surface area (Å²) in [5.41, 5.74) is -1.11. The second-order valence-corrected chi connectivity index (χ2v) is 6.64. The first-order chi connectivity index (χ1) is 11.7. The predicted octanol–water partition coefficient (Wildman–Crippen LogP) is 0.901. The minimum absolute atomic E-state index is 0.00311. The van der Waals surface area contributed by atoms with Gasteiger partial charge < -0.3 is 10.4 Å². The molecule has 1 amide bonds. The van der Waals surface area contributed by atoms with Gasteiger partial charge in [-0.15, -0.1) is 18.3 Å². The van der Waals surface area contributed by atoms with Crippen LogP contribution >= 0.6 is 0 Å². The van der Waals surface area contributed by atoms with Gasteiger partial charge in [-0.2, -0.15) is 0 Å². The third-order valence-electron chi connectivity index (χ3n) is 4.35. The average molecular weight is 350 g/mol. The van der Waals surface area contributed by atoms with Crippen LogP contribution in [-0.4, -0.2) is 60.9 Å². The largest absolute Gasteiger partial charge is 0.387 e. The van der Waals surface area contributed by atoms with Crippen molar-refractivity contribution >= 4 is 5.91 Å². The number of aromatic nitrogens is 4. The van der Waals surface area contributed by atoms with Crippen LogP contribution in [0, 0.1) is 0 Å². The molecular weight excluding hydrogens is 320 g/mol. The predicted molar refractivity (Wildman–Crippen MR) is 96.6 cm³/mol. The van der Waals surface area contributed by atoms with E-state index >= 15 is 0 Å². The highest BCUT2D eigenvalue weighted by atomic mass is 16.3. The van der Waals surface area contributed by atoms with E-state index in [1.807, 2.05) is 7.05 Å². The van der Waals surface area contributed by atoms with Crippen molar-refractivity contribution < 1.29 is 9.90 Å². The van der Waals surface area contributed by atoms with Crippen molar-refractivity contribution in [2.45, 2.75) is 64.4 Å². The van der Waals surface area contributed by atoms with E-state index in [1.54, 1.807) is 19.1 Å². The van der Waals surface area contributed by atoms with Crippen LogP contribution < -0.4 is 5.32 Å². The summed E-state index contributed by atoms with van der Waals surface area (Å²) in [6.45, 7) is 13.8. The van der Waals surface area contributed by atoms with E-state index in [2.05, 4.69) is 52.7 Å².